The van der Waals surface area contributed by atoms with Gasteiger partial charge in [0.05, 0.1) is 0 Å². The van der Waals surface area contributed by atoms with Crippen LogP contribution < -0.4 is 0 Å². The number of rotatable bonds is 3. The third-order valence-electron chi connectivity index (χ3n) is 1.82. The number of hydrogen-bond acceptors (Lipinski definition) is 0. The van der Waals surface area contributed by atoms with Gasteiger partial charge in [0.2, 0.25) is 0 Å². The molecule has 0 nitrogen and oxygen atoms in total. The molecule has 0 saturated carbocycles. The maximum atomic E-state index is 3.88. The van der Waals surface area contributed by atoms with E-state index in [1.807, 2.05) is 37.3 Å². The average molecular weight is 170 g/mol. The van der Waals surface area contributed by atoms with Crippen LogP contribution in [0, 0.1) is 0 Å². The smallest absolute Gasteiger partial charge is 0.0256 e. The van der Waals surface area contributed by atoms with Crippen molar-refractivity contribution in [3.8, 4) is 0 Å². The lowest BCUT2D eigenvalue weighted by Crippen LogP contribution is -1.75. The van der Waals surface area contributed by atoms with E-state index in [0.29, 0.717) is 0 Å². The maximum absolute atomic E-state index is 3.88. The first-order valence-corrected chi connectivity index (χ1v) is 4.28. The Morgan fingerprint density at radius 3 is 2.31 bits per heavy atom. The van der Waals surface area contributed by atoms with Gasteiger partial charge in [-0.25, -0.2) is 0 Å². The van der Waals surface area contributed by atoms with Crippen LogP contribution in [-0.2, 0) is 0 Å². The molecule has 1 rings (SSSR count). The molecule has 0 aliphatic heterocycles. The second-order valence-electron chi connectivity index (χ2n) is 3.05. The van der Waals surface area contributed by atoms with E-state index in [4.69, 9.17) is 0 Å². The Morgan fingerprint density at radius 2 is 1.77 bits per heavy atom. The third-order valence-corrected chi connectivity index (χ3v) is 1.82. The van der Waals surface area contributed by atoms with Crippen LogP contribution in [0.15, 0.2) is 60.7 Å². The first-order chi connectivity index (χ1) is 6.20. The highest BCUT2D eigenvalue weighted by Crippen LogP contribution is 2.08. The fraction of sp³-hybridized carbons (Fsp3) is 0.0769. The van der Waals surface area contributed by atoms with Gasteiger partial charge in [0.15, 0.2) is 0 Å². The van der Waals surface area contributed by atoms with Crippen LogP contribution in [0.4, 0.5) is 0 Å². The van der Waals surface area contributed by atoms with Crippen LogP contribution in [0.3, 0.4) is 0 Å². The normalized spacial score (nSPS) is 10.2. The van der Waals surface area contributed by atoms with E-state index in [1.165, 1.54) is 5.56 Å². The quantitative estimate of drug-likeness (QED) is 0.605. The molecule has 13 heavy (non-hydrogen) atoms. The van der Waals surface area contributed by atoms with Crippen LogP contribution in [0.25, 0.3) is 6.08 Å². The Hall–Kier alpha value is -1.56. The molecule has 0 amide bonds. The van der Waals surface area contributed by atoms with Gasteiger partial charge in [0.1, 0.15) is 0 Å². The topological polar surface area (TPSA) is 0 Å². The molecule has 0 spiro atoms. The molecule has 0 aromatic heterocycles. The van der Waals surface area contributed by atoms with Crippen molar-refractivity contribution in [1.82, 2.24) is 0 Å². The van der Waals surface area contributed by atoms with Crippen molar-refractivity contribution in [1.29, 1.82) is 0 Å². The molecular formula is C13H14. The molecule has 66 valence electrons. The average Bonchev–Trinajstić information content (AvgIpc) is 2.15. The Balaban J connectivity index is 2.70. The fourth-order valence-corrected chi connectivity index (χ4v) is 0.903. The Labute approximate surface area is 79.9 Å². The third kappa shape index (κ3) is 3.12. The van der Waals surface area contributed by atoms with Gasteiger partial charge < -0.3 is 0 Å². The summed E-state index contributed by atoms with van der Waals surface area (Å²) in [6, 6.07) is 10.2. The van der Waals surface area contributed by atoms with Gasteiger partial charge in [-0.15, -0.1) is 0 Å². The molecule has 0 bridgehead atoms. The molecule has 0 saturated heterocycles. The second kappa shape index (κ2) is 4.46. The van der Waals surface area contributed by atoms with E-state index < -0.39 is 0 Å². The first-order valence-electron chi connectivity index (χ1n) is 4.28. The van der Waals surface area contributed by atoms with Crippen LogP contribution in [0.5, 0.6) is 0 Å². The van der Waals surface area contributed by atoms with Crippen LogP contribution >= 0.6 is 0 Å². The molecular weight excluding hydrogens is 156 g/mol. The molecule has 0 radical (unpaired) electrons. The predicted octanol–water partition coefficient (Wildman–Crippen LogP) is 3.83. The number of benzene rings is 1. The van der Waals surface area contributed by atoms with Crippen LogP contribution in [0.1, 0.15) is 12.5 Å². The maximum Gasteiger partial charge on any atom is -0.0256 e. The van der Waals surface area contributed by atoms with Gasteiger partial charge in [0, 0.05) is 0 Å². The van der Waals surface area contributed by atoms with Gasteiger partial charge in [0.25, 0.3) is 0 Å². The molecule has 1 aromatic carbocycles. The van der Waals surface area contributed by atoms with Crippen molar-refractivity contribution in [2.45, 2.75) is 6.92 Å². The van der Waals surface area contributed by atoms with Crippen LogP contribution in [0.2, 0.25) is 0 Å². The van der Waals surface area contributed by atoms with E-state index in [0.717, 1.165) is 11.1 Å². The Morgan fingerprint density at radius 1 is 1.15 bits per heavy atom. The predicted molar refractivity (Wildman–Crippen MR) is 59.4 cm³/mol. The summed E-state index contributed by atoms with van der Waals surface area (Å²) in [4.78, 5) is 0. The lowest BCUT2D eigenvalue weighted by molar-refractivity contribution is 1.48. The zero-order valence-electron chi connectivity index (χ0n) is 7.96. The number of allylic oxidation sites excluding steroid dienone is 3. The molecule has 0 fully saturated rings. The van der Waals surface area contributed by atoms with Gasteiger partial charge in [-0.3, -0.25) is 0 Å². The molecule has 0 heterocycles. The minimum Gasteiger partial charge on any atom is -0.0955 e. The summed E-state index contributed by atoms with van der Waals surface area (Å²) in [5.74, 6) is 0. The van der Waals surface area contributed by atoms with Crippen molar-refractivity contribution in [2.75, 3.05) is 0 Å². The Kier molecular flexibility index (Phi) is 3.27. The fourth-order valence-electron chi connectivity index (χ4n) is 0.903. The summed E-state index contributed by atoms with van der Waals surface area (Å²) in [6.45, 7) is 9.66. The monoisotopic (exact) mass is 170 g/mol. The van der Waals surface area contributed by atoms with E-state index in [2.05, 4.69) is 25.3 Å². The lowest BCUT2D eigenvalue weighted by Gasteiger charge is -1.96. The summed E-state index contributed by atoms with van der Waals surface area (Å²) < 4.78 is 0. The lowest BCUT2D eigenvalue weighted by atomic mass is 10.1. The van der Waals surface area contributed by atoms with E-state index >= 15 is 0 Å². The molecule has 0 N–H and O–H groups in total. The second-order valence-corrected chi connectivity index (χ2v) is 3.05. The minimum atomic E-state index is 0.976. The highest BCUT2D eigenvalue weighted by atomic mass is 13.9. The van der Waals surface area contributed by atoms with Crippen molar-refractivity contribution in [3.63, 3.8) is 0 Å². The highest BCUT2D eigenvalue weighted by Gasteiger charge is 1.87. The van der Waals surface area contributed by atoms with E-state index in [1.54, 1.807) is 0 Å². The van der Waals surface area contributed by atoms with Crippen LogP contribution in [-0.4, -0.2) is 0 Å². The SMILES string of the molecule is C=C(C)C(=C)/C=C/c1ccccc1. The van der Waals surface area contributed by atoms with Crippen molar-refractivity contribution < 1.29 is 0 Å². The molecule has 0 atom stereocenters. The summed E-state index contributed by atoms with van der Waals surface area (Å²) in [7, 11) is 0. The standard InChI is InChI=1S/C13H14/c1-11(2)12(3)9-10-13-7-5-4-6-8-13/h4-10H,1,3H2,2H3/b10-9+. The zero-order valence-corrected chi connectivity index (χ0v) is 7.96. The summed E-state index contributed by atoms with van der Waals surface area (Å²) >= 11 is 0. The van der Waals surface area contributed by atoms with E-state index in [-0.39, 0.29) is 0 Å². The molecule has 0 aliphatic rings. The molecule has 0 heteroatoms. The summed E-state index contributed by atoms with van der Waals surface area (Å²) in [6.07, 6.45) is 4.02. The van der Waals surface area contributed by atoms with Gasteiger partial charge >= 0.3 is 0 Å². The van der Waals surface area contributed by atoms with Gasteiger partial charge in [-0.2, -0.15) is 0 Å². The number of hydrogen-bond donors (Lipinski definition) is 0. The van der Waals surface area contributed by atoms with Crippen molar-refractivity contribution in [3.05, 3.63) is 66.3 Å². The summed E-state index contributed by atoms with van der Waals surface area (Å²) in [5, 5.41) is 0. The summed E-state index contributed by atoms with van der Waals surface area (Å²) in [5.41, 5.74) is 3.17. The van der Waals surface area contributed by atoms with E-state index in [9.17, 15) is 0 Å². The van der Waals surface area contributed by atoms with Gasteiger partial charge in [-0.05, 0) is 18.1 Å². The molecule has 0 unspecified atom stereocenters. The van der Waals surface area contributed by atoms with Gasteiger partial charge in [-0.1, -0.05) is 61.2 Å². The largest absolute Gasteiger partial charge is 0.0955 e. The molecule has 0 aliphatic carbocycles. The van der Waals surface area contributed by atoms with Crippen molar-refractivity contribution in [2.24, 2.45) is 0 Å². The zero-order chi connectivity index (χ0) is 9.68. The van der Waals surface area contributed by atoms with Crippen molar-refractivity contribution >= 4 is 6.08 Å². The highest BCUT2D eigenvalue weighted by molar-refractivity contribution is 5.55. The first kappa shape index (κ1) is 9.53. The molecule has 1 aromatic rings. The Bertz CT molecular complexity index is 328. The minimum absolute atomic E-state index is 0.976.